The van der Waals surface area contributed by atoms with Gasteiger partial charge in [0.05, 0.1) is 25.7 Å². The van der Waals surface area contributed by atoms with Gasteiger partial charge in [-0.2, -0.15) is 0 Å². The summed E-state index contributed by atoms with van der Waals surface area (Å²) in [5.74, 6) is 1.68. The molecule has 0 radical (unpaired) electrons. The van der Waals surface area contributed by atoms with E-state index in [1.807, 2.05) is 73.3 Å². The van der Waals surface area contributed by atoms with Crippen molar-refractivity contribution in [2.75, 3.05) is 26.3 Å². The standard InChI is InChI=1S/C25H32N2O4/c1-3-30-23-11-9-20(10-12-23)19(2)26-25(29)21-13-16-27(17-14-21)24(28)15-18-31-22-7-5-4-6-8-22/h4-12,19,21H,3,13-18H2,1-2H3,(H,26,29). The molecule has 1 aliphatic rings. The summed E-state index contributed by atoms with van der Waals surface area (Å²) in [5.41, 5.74) is 1.04. The lowest BCUT2D eigenvalue weighted by molar-refractivity contribution is -0.136. The smallest absolute Gasteiger partial charge is 0.225 e. The summed E-state index contributed by atoms with van der Waals surface area (Å²) in [5, 5.41) is 3.11. The molecule has 0 aliphatic carbocycles. The van der Waals surface area contributed by atoms with E-state index in [9.17, 15) is 9.59 Å². The lowest BCUT2D eigenvalue weighted by atomic mass is 9.95. The number of hydrogen-bond acceptors (Lipinski definition) is 4. The molecule has 6 nitrogen and oxygen atoms in total. The van der Waals surface area contributed by atoms with Crippen molar-refractivity contribution in [3.8, 4) is 11.5 Å². The summed E-state index contributed by atoms with van der Waals surface area (Å²) < 4.78 is 11.1. The molecule has 3 rings (SSSR count). The highest BCUT2D eigenvalue weighted by molar-refractivity contribution is 5.80. The Morgan fingerprint density at radius 3 is 2.29 bits per heavy atom. The monoisotopic (exact) mass is 424 g/mol. The quantitative estimate of drug-likeness (QED) is 0.661. The zero-order valence-electron chi connectivity index (χ0n) is 18.4. The van der Waals surface area contributed by atoms with Crippen LogP contribution in [0.25, 0.3) is 0 Å². The first-order valence-electron chi connectivity index (χ1n) is 11.1. The van der Waals surface area contributed by atoms with Crippen LogP contribution in [0.4, 0.5) is 0 Å². The van der Waals surface area contributed by atoms with E-state index < -0.39 is 0 Å². The molecule has 2 amide bonds. The van der Waals surface area contributed by atoms with Crippen LogP contribution in [0.3, 0.4) is 0 Å². The van der Waals surface area contributed by atoms with Crippen LogP contribution in [-0.2, 0) is 9.59 Å². The Labute approximate surface area is 184 Å². The van der Waals surface area contributed by atoms with Gasteiger partial charge in [0.25, 0.3) is 0 Å². The number of likely N-dealkylation sites (tertiary alicyclic amines) is 1. The molecule has 0 aromatic heterocycles. The largest absolute Gasteiger partial charge is 0.494 e. The van der Waals surface area contributed by atoms with E-state index in [0.717, 1.165) is 17.1 Å². The summed E-state index contributed by atoms with van der Waals surface area (Å²) in [7, 11) is 0. The molecule has 1 aliphatic heterocycles. The molecule has 6 heteroatoms. The molecule has 1 heterocycles. The third kappa shape index (κ3) is 6.74. The lowest BCUT2D eigenvalue weighted by Crippen LogP contribution is -2.43. The molecular formula is C25H32N2O4. The molecule has 0 saturated carbocycles. The Morgan fingerprint density at radius 2 is 1.65 bits per heavy atom. The first-order chi connectivity index (χ1) is 15.1. The number of carbonyl (C=O) groups is 2. The number of carbonyl (C=O) groups excluding carboxylic acids is 2. The number of nitrogens with zero attached hydrogens (tertiary/aromatic N) is 1. The molecule has 166 valence electrons. The summed E-state index contributed by atoms with van der Waals surface area (Å²) in [6, 6.07) is 17.2. The highest BCUT2D eigenvalue weighted by Crippen LogP contribution is 2.22. The van der Waals surface area contributed by atoms with Crippen LogP contribution in [0.5, 0.6) is 11.5 Å². The van der Waals surface area contributed by atoms with Crippen molar-refractivity contribution in [2.45, 2.75) is 39.2 Å². The van der Waals surface area contributed by atoms with Crippen molar-refractivity contribution in [1.82, 2.24) is 10.2 Å². The van der Waals surface area contributed by atoms with E-state index in [1.54, 1.807) is 0 Å². The van der Waals surface area contributed by atoms with Crippen LogP contribution < -0.4 is 14.8 Å². The molecule has 0 bridgehead atoms. The number of amides is 2. The number of hydrogen-bond donors (Lipinski definition) is 1. The average molecular weight is 425 g/mol. The highest BCUT2D eigenvalue weighted by atomic mass is 16.5. The average Bonchev–Trinajstić information content (AvgIpc) is 2.80. The molecular weight excluding hydrogens is 392 g/mol. The molecule has 1 atom stereocenters. The second-order valence-corrected chi connectivity index (χ2v) is 7.80. The maximum atomic E-state index is 12.7. The molecule has 0 spiro atoms. The Kier molecular flexibility index (Phi) is 8.33. The first-order valence-corrected chi connectivity index (χ1v) is 11.1. The van der Waals surface area contributed by atoms with Gasteiger partial charge in [0.2, 0.25) is 11.8 Å². The topological polar surface area (TPSA) is 67.9 Å². The van der Waals surface area contributed by atoms with E-state index in [2.05, 4.69) is 5.32 Å². The van der Waals surface area contributed by atoms with Gasteiger partial charge in [-0.15, -0.1) is 0 Å². The molecule has 1 unspecified atom stereocenters. The summed E-state index contributed by atoms with van der Waals surface area (Å²) in [4.78, 5) is 27.0. The zero-order chi connectivity index (χ0) is 22.1. The van der Waals surface area contributed by atoms with Crippen molar-refractivity contribution in [1.29, 1.82) is 0 Å². The zero-order valence-corrected chi connectivity index (χ0v) is 18.4. The van der Waals surface area contributed by atoms with Crippen molar-refractivity contribution in [2.24, 2.45) is 5.92 Å². The van der Waals surface area contributed by atoms with Crippen LogP contribution in [-0.4, -0.2) is 43.0 Å². The molecule has 2 aromatic rings. The molecule has 1 fully saturated rings. The lowest BCUT2D eigenvalue weighted by Gasteiger charge is -2.32. The number of benzene rings is 2. The van der Waals surface area contributed by atoms with Crippen LogP contribution in [0, 0.1) is 5.92 Å². The maximum absolute atomic E-state index is 12.7. The second-order valence-electron chi connectivity index (χ2n) is 7.80. The van der Waals surface area contributed by atoms with Gasteiger partial charge in [-0.3, -0.25) is 9.59 Å². The van der Waals surface area contributed by atoms with Gasteiger partial charge in [0, 0.05) is 19.0 Å². The SMILES string of the molecule is CCOc1ccc(C(C)NC(=O)C2CCN(C(=O)CCOc3ccccc3)CC2)cc1. The molecule has 31 heavy (non-hydrogen) atoms. The normalized spacial score (nSPS) is 15.2. The fourth-order valence-corrected chi connectivity index (χ4v) is 3.76. The van der Waals surface area contributed by atoms with E-state index in [1.165, 1.54) is 0 Å². The van der Waals surface area contributed by atoms with Gasteiger partial charge in [-0.25, -0.2) is 0 Å². The van der Waals surface area contributed by atoms with Gasteiger partial charge in [0.1, 0.15) is 11.5 Å². The van der Waals surface area contributed by atoms with Gasteiger partial charge >= 0.3 is 0 Å². The molecule has 1 saturated heterocycles. The number of ether oxygens (including phenoxy) is 2. The van der Waals surface area contributed by atoms with E-state index in [4.69, 9.17) is 9.47 Å². The predicted octanol–water partition coefficient (Wildman–Crippen LogP) is 3.97. The highest BCUT2D eigenvalue weighted by Gasteiger charge is 2.28. The van der Waals surface area contributed by atoms with Gasteiger partial charge in [-0.05, 0) is 56.5 Å². The van der Waals surface area contributed by atoms with Gasteiger partial charge < -0.3 is 19.7 Å². The van der Waals surface area contributed by atoms with Gasteiger partial charge in [0.15, 0.2) is 0 Å². The first kappa shape index (κ1) is 22.7. The number of nitrogens with one attached hydrogen (secondary N) is 1. The van der Waals surface area contributed by atoms with Crippen molar-refractivity contribution >= 4 is 11.8 Å². The summed E-state index contributed by atoms with van der Waals surface area (Å²) in [6.45, 7) is 6.16. The minimum absolute atomic E-state index is 0.0564. The second kappa shape index (κ2) is 11.4. The van der Waals surface area contributed by atoms with Crippen molar-refractivity contribution in [3.05, 3.63) is 60.2 Å². The van der Waals surface area contributed by atoms with Crippen LogP contribution in [0.15, 0.2) is 54.6 Å². The summed E-state index contributed by atoms with van der Waals surface area (Å²) >= 11 is 0. The van der Waals surface area contributed by atoms with Crippen LogP contribution in [0.1, 0.15) is 44.7 Å². The minimum Gasteiger partial charge on any atom is -0.494 e. The predicted molar refractivity (Wildman–Crippen MR) is 120 cm³/mol. The Bertz CT molecular complexity index is 830. The third-order valence-corrected chi connectivity index (χ3v) is 5.60. The Balaban J connectivity index is 1.39. The summed E-state index contributed by atoms with van der Waals surface area (Å²) in [6.07, 6.45) is 1.72. The van der Waals surface area contributed by atoms with E-state index >= 15 is 0 Å². The number of para-hydroxylation sites is 1. The molecule has 1 N–H and O–H groups in total. The Morgan fingerprint density at radius 1 is 1.00 bits per heavy atom. The molecule has 2 aromatic carbocycles. The fourth-order valence-electron chi connectivity index (χ4n) is 3.76. The van der Waals surface area contributed by atoms with E-state index in [-0.39, 0.29) is 23.8 Å². The van der Waals surface area contributed by atoms with Crippen molar-refractivity contribution in [3.63, 3.8) is 0 Å². The third-order valence-electron chi connectivity index (χ3n) is 5.60. The van der Waals surface area contributed by atoms with Gasteiger partial charge in [-0.1, -0.05) is 30.3 Å². The number of piperidine rings is 1. The van der Waals surface area contributed by atoms with Crippen LogP contribution in [0.2, 0.25) is 0 Å². The van der Waals surface area contributed by atoms with E-state index in [0.29, 0.717) is 45.6 Å². The minimum atomic E-state index is -0.0713. The van der Waals surface area contributed by atoms with Crippen molar-refractivity contribution < 1.29 is 19.1 Å². The maximum Gasteiger partial charge on any atom is 0.225 e. The van der Waals surface area contributed by atoms with Crippen LogP contribution >= 0.6 is 0 Å². The fraction of sp³-hybridized carbons (Fsp3) is 0.440. The number of rotatable bonds is 9. The Hall–Kier alpha value is -3.02.